The van der Waals surface area contributed by atoms with Crippen molar-refractivity contribution in [2.75, 3.05) is 5.88 Å². The van der Waals surface area contributed by atoms with Crippen molar-refractivity contribution in [1.29, 1.82) is 0 Å². The van der Waals surface area contributed by atoms with Crippen molar-refractivity contribution in [2.24, 2.45) is 0 Å². The number of rotatable bonds is 4. The minimum absolute atomic E-state index is 0.204. The highest BCUT2D eigenvalue weighted by Gasteiger charge is 2.34. The molecular formula is C19H21ClOSi. The molecule has 0 spiro atoms. The molecular weight excluding hydrogens is 308 g/mol. The zero-order valence-corrected chi connectivity index (χ0v) is 15.1. The molecule has 3 heteroatoms. The third-order valence-electron chi connectivity index (χ3n) is 4.31. The van der Waals surface area contributed by atoms with Gasteiger partial charge in [0.1, 0.15) is 0 Å². The molecule has 3 rings (SSSR count). The molecule has 0 radical (unpaired) electrons. The number of hydrogen-bond donors (Lipinski definition) is 0. The van der Waals surface area contributed by atoms with Gasteiger partial charge in [0.05, 0.1) is 8.07 Å². The molecule has 0 saturated heterocycles. The molecule has 0 bridgehead atoms. The minimum atomic E-state index is -1.63. The summed E-state index contributed by atoms with van der Waals surface area (Å²) in [5.74, 6) is 0.867. The average molecular weight is 329 g/mol. The van der Waals surface area contributed by atoms with Gasteiger partial charge in [-0.2, -0.15) is 0 Å². The van der Waals surface area contributed by atoms with Gasteiger partial charge in [-0.05, 0) is 34.7 Å². The highest BCUT2D eigenvalue weighted by molar-refractivity contribution is 6.90. The van der Waals surface area contributed by atoms with Crippen LogP contribution in [0.25, 0.3) is 11.1 Å². The molecule has 22 heavy (non-hydrogen) atoms. The van der Waals surface area contributed by atoms with E-state index in [1.165, 1.54) is 10.8 Å². The summed E-state index contributed by atoms with van der Waals surface area (Å²) in [5, 5.41) is 1.33. The monoisotopic (exact) mass is 328 g/mol. The SMILES string of the molecule is C[Si](C)(C)c1c(CCCCl)ccc2c1C(=O)c1ccccc1-2. The summed E-state index contributed by atoms with van der Waals surface area (Å²) in [4.78, 5) is 13.0. The van der Waals surface area contributed by atoms with Crippen molar-refractivity contribution in [2.45, 2.75) is 32.5 Å². The number of aryl methyl sites for hydroxylation is 1. The third-order valence-corrected chi connectivity index (χ3v) is 6.65. The second-order valence-electron chi connectivity index (χ2n) is 6.94. The van der Waals surface area contributed by atoms with Crippen molar-refractivity contribution in [1.82, 2.24) is 0 Å². The molecule has 0 atom stereocenters. The predicted octanol–water partition coefficient (Wildman–Crippen LogP) is 4.61. The van der Waals surface area contributed by atoms with E-state index < -0.39 is 8.07 Å². The van der Waals surface area contributed by atoms with Crippen LogP contribution in [0.15, 0.2) is 36.4 Å². The number of halogens is 1. The van der Waals surface area contributed by atoms with E-state index in [0.29, 0.717) is 5.88 Å². The number of carbonyl (C=O) groups is 1. The van der Waals surface area contributed by atoms with Crippen LogP contribution in [0.3, 0.4) is 0 Å². The summed E-state index contributed by atoms with van der Waals surface area (Å²) in [6, 6.07) is 12.3. The van der Waals surface area contributed by atoms with Gasteiger partial charge < -0.3 is 0 Å². The first-order valence-electron chi connectivity index (χ1n) is 7.81. The Morgan fingerprint density at radius 2 is 1.64 bits per heavy atom. The van der Waals surface area contributed by atoms with E-state index in [2.05, 4.69) is 37.8 Å². The quantitative estimate of drug-likeness (QED) is 0.504. The van der Waals surface area contributed by atoms with E-state index in [-0.39, 0.29) is 5.78 Å². The zero-order chi connectivity index (χ0) is 15.9. The maximum absolute atomic E-state index is 13.0. The highest BCUT2D eigenvalue weighted by atomic mass is 35.5. The van der Waals surface area contributed by atoms with Gasteiger partial charge in [-0.3, -0.25) is 4.79 Å². The van der Waals surface area contributed by atoms with E-state index in [0.717, 1.165) is 35.1 Å². The predicted molar refractivity (Wildman–Crippen MR) is 97.3 cm³/mol. The lowest BCUT2D eigenvalue weighted by molar-refractivity contribution is 0.104. The van der Waals surface area contributed by atoms with E-state index in [1.54, 1.807) is 0 Å². The van der Waals surface area contributed by atoms with Gasteiger partial charge in [0.15, 0.2) is 5.78 Å². The fourth-order valence-corrected chi connectivity index (χ4v) is 5.78. The number of fused-ring (bicyclic) bond motifs is 3. The van der Waals surface area contributed by atoms with E-state index >= 15 is 0 Å². The maximum atomic E-state index is 13.0. The fourth-order valence-electron chi connectivity index (χ4n) is 3.48. The first-order chi connectivity index (χ1) is 10.4. The Bertz CT molecular complexity index is 744. The number of ketones is 1. The molecule has 1 nitrogen and oxygen atoms in total. The van der Waals surface area contributed by atoms with Crippen LogP contribution in [0.4, 0.5) is 0 Å². The number of alkyl halides is 1. The van der Waals surface area contributed by atoms with Gasteiger partial charge in [-0.1, -0.05) is 56.0 Å². The molecule has 2 aromatic rings. The van der Waals surface area contributed by atoms with E-state index in [1.807, 2.05) is 18.2 Å². The highest BCUT2D eigenvalue weighted by Crippen LogP contribution is 2.37. The van der Waals surface area contributed by atoms with Crippen molar-refractivity contribution < 1.29 is 4.79 Å². The van der Waals surface area contributed by atoms with Crippen molar-refractivity contribution in [3.05, 3.63) is 53.1 Å². The van der Waals surface area contributed by atoms with Crippen LogP contribution in [0.5, 0.6) is 0 Å². The average Bonchev–Trinajstić information content (AvgIpc) is 2.77. The van der Waals surface area contributed by atoms with Crippen LogP contribution in [-0.4, -0.2) is 19.7 Å². The van der Waals surface area contributed by atoms with Gasteiger partial charge in [0, 0.05) is 17.0 Å². The van der Waals surface area contributed by atoms with Crippen LogP contribution in [0, 0.1) is 0 Å². The first-order valence-corrected chi connectivity index (χ1v) is 11.8. The topological polar surface area (TPSA) is 17.1 Å². The molecule has 1 aliphatic rings. The summed E-state index contributed by atoms with van der Waals surface area (Å²) in [6.45, 7) is 6.97. The third kappa shape index (κ3) is 2.44. The van der Waals surface area contributed by atoms with Crippen molar-refractivity contribution in [3.8, 4) is 11.1 Å². The maximum Gasteiger partial charge on any atom is 0.194 e. The standard InChI is InChI=1S/C19H21ClOSi/c1-22(2,3)19-13(7-6-12-20)10-11-15-14-8-4-5-9-16(14)18(21)17(15)19/h4-5,8-11H,6-7,12H2,1-3H3. The summed E-state index contributed by atoms with van der Waals surface area (Å²) in [7, 11) is -1.63. The van der Waals surface area contributed by atoms with Crippen LogP contribution in [0.1, 0.15) is 27.9 Å². The Morgan fingerprint density at radius 3 is 2.27 bits per heavy atom. The first kappa shape index (κ1) is 15.5. The van der Waals surface area contributed by atoms with Gasteiger partial charge in [-0.25, -0.2) is 0 Å². The molecule has 0 aliphatic heterocycles. The van der Waals surface area contributed by atoms with Crippen LogP contribution < -0.4 is 5.19 Å². The molecule has 0 N–H and O–H groups in total. The fraction of sp³-hybridized carbons (Fsp3) is 0.316. The Labute approximate surface area is 138 Å². The van der Waals surface area contributed by atoms with Gasteiger partial charge in [0.2, 0.25) is 0 Å². The molecule has 114 valence electrons. The molecule has 0 amide bonds. The molecule has 0 unspecified atom stereocenters. The largest absolute Gasteiger partial charge is 0.289 e. The Morgan fingerprint density at radius 1 is 0.955 bits per heavy atom. The van der Waals surface area contributed by atoms with Crippen LogP contribution in [-0.2, 0) is 6.42 Å². The molecule has 0 aromatic heterocycles. The summed E-state index contributed by atoms with van der Waals surface area (Å²) in [5.41, 5.74) is 5.34. The van der Waals surface area contributed by atoms with Crippen LogP contribution >= 0.6 is 11.6 Å². The van der Waals surface area contributed by atoms with Gasteiger partial charge in [0.25, 0.3) is 0 Å². The molecule has 0 heterocycles. The summed E-state index contributed by atoms with van der Waals surface area (Å²) in [6.07, 6.45) is 1.92. The number of hydrogen-bond acceptors (Lipinski definition) is 1. The molecule has 0 saturated carbocycles. The zero-order valence-electron chi connectivity index (χ0n) is 13.4. The number of carbonyl (C=O) groups excluding carboxylic acids is 1. The molecule has 2 aromatic carbocycles. The lowest BCUT2D eigenvalue weighted by Crippen LogP contribution is -2.43. The molecule has 0 fully saturated rings. The Balaban J connectivity index is 2.25. The molecule has 1 aliphatic carbocycles. The second-order valence-corrected chi connectivity index (χ2v) is 12.3. The lowest BCUT2D eigenvalue weighted by Gasteiger charge is -2.24. The van der Waals surface area contributed by atoms with E-state index in [9.17, 15) is 4.79 Å². The van der Waals surface area contributed by atoms with Crippen molar-refractivity contribution >= 4 is 30.6 Å². The Hall–Kier alpha value is -1.38. The minimum Gasteiger partial charge on any atom is -0.289 e. The van der Waals surface area contributed by atoms with Gasteiger partial charge >= 0.3 is 0 Å². The van der Waals surface area contributed by atoms with Crippen LogP contribution in [0.2, 0.25) is 19.6 Å². The van der Waals surface area contributed by atoms with Crippen molar-refractivity contribution in [3.63, 3.8) is 0 Å². The van der Waals surface area contributed by atoms with Gasteiger partial charge in [-0.15, -0.1) is 11.6 Å². The summed E-state index contributed by atoms with van der Waals surface area (Å²) >= 11 is 5.88. The second kappa shape index (κ2) is 5.67. The summed E-state index contributed by atoms with van der Waals surface area (Å²) < 4.78 is 0. The van der Waals surface area contributed by atoms with E-state index in [4.69, 9.17) is 11.6 Å². The smallest absolute Gasteiger partial charge is 0.194 e. The normalized spacial score (nSPS) is 13.2. The Kier molecular flexibility index (Phi) is 4.00. The lowest BCUT2D eigenvalue weighted by atomic mass is 10.0. The number of benzene rings is 2.